The van der Waals surface area contributed by atoms with Crippen molar-refractivity contribution in [3.63, 3.8) is 0 Å². The minimum Gasteiger partial charge on any atom is -0.336 e. The fraction of sp³-hybridized carbons (Fsp3) is 0.300. The third-order valence-electron chi connectivity index (χ3n) is 4.60. The molecule has 0 saturated carbocycles. The van der Waals surface area contributed by atoms with Crippen molar-refractivity contribution in [2.75, 3.05) is 25.0 Å². The summed E-state index contributed by atoms with van der Waals surface area (Å²) in [5.74, 6) is -0.639. The average molecular weight is 355 g/mol. The van der Waals surface area contributed by atoms with Gasteiger partial charge in [0.15, 0.2) is 0 Å². The molecule has 2 aromatic rings. The molecule has 1 heterocycles. The first-order valence-electron chi connectivity index (χ1n) is 8.63. The maximum atomic E-state index is 13.9. The number of carbonyl (C=O) groups excluding carboxylic acids is 2. The van der Waals surface area contributed by atoms with Crippen molar-refractivity contribution < 1.29 is 14.0 Å². The molecule has 6 heteroatoms. The SMILES string of the molecule is CN(C(=O)CC1NCCN(Cc2ccccc2F)C1=O)c1ccccc1. The number of nitrogens with zero attached hydrogens (tertiary/aromatic N) is 2. The summed E-state index contributed by atoms with van der Waals surface area (Å²) in [4.78, 5) is 28.4. The Balaban J connectivity index is 1.64. The standard InChI is InChI=1S/C20H22FN3O2/c1-23(16-8-3-2-4-9-16)19(25)13-18-20(26)24(12-11-22-18)14-15-7-5-6-10-17(15)21/h2-10,18,22H,11-14H2,1H3. The van der Waals surface area contributed by atoms with Crippen molar-refractivity contribution in [2.45, 2.75) is 19.0 Å². The third kappa shape index (κ3) is 4.08. The van der Waals surface area contributed by atoms with Gasteiger partial charge >= 0.3 is 0 Å². The van der Waals surface area contributed by atoms with Gasteiger partial charge in [-0.1, -0.05) is 36.4 Å². The molecule has 1 N–H and O–H groups in total. The van der Waals surface area contributed by atoms with Crippen LogP contribution >= 0.6 is 0 Å². The Morgan fingerprint density at radius 3 is 2.62 bits per heavy atom. The van der Waals surface area contributed by atoms with Crippen LogP contribution in [0.15, 0.2) is 54.6 Å². The minimum atomic E-state index is -0.589. The number of benzene rings is 2. The van der Waals surface area contributed by atoms with E-state index in [0.29, 0.717) is 18.7 Å². The van der Waals surface area contributed by atoms with E-state index in [1.807, 2.05) is 30.3 Å². The lowest BCUT2D eigenvalue weighted by Crippen LogP contribution is -2.56. The normalized spacial score (nSPS) is 17.2. The number of piperazine rings is 1. The third-order valence-corrected chi connectivity index (χ3v) is 4.60. The molecule has 1 unspecified atom stereocenters. The number of para-hydroxylation sites is 1. The maximum absolute atomic E-state index is 13.9. The number of hydrogen-bond acceptors (Lipinski definition) is 3. The van der Waals surface area contributed by atoms with E-state index < -0.39 is 6.04 Å². The molecular formula is C20H22FN3O2. The van der Waals surface area contributed by atoms with Gasteiger partial charge in [-0.2, -0.15) is 0 Å². The van der Waals surface area contributed by atoms with Crippen LogP contribution in [0, 0.1) is 5.82 Å². The number of rotatable bonds is 5. The van der Waals surface area contributed by atoms with Crippen molar-refractivity contribution in [3.8, 4) is 0 Å². The molecule has 0 aromatic heterocycles. The number of carbonyl (C=O) groups is 2. The lowest BCUT2D eigenvalue weighted by atomic mass is 10.1. The number of nitrogens with one attached hydrogen (secondary N) is 1. The molecular weight excluding hydrogens is 333 g/mol. The van der Waals surface area contributed by atoms with E-state index in [0.717, 1.165) is 5.69 Å². The fourth-order valence-corrected chi connectivity index (χ4v) is 3.05. The summed E-state index contributed by atoms with van der Waals surface area (Å²) < 4.78 is 13.9. The van der Waals surface area contributed by atoms with Gasteiger partial charge in [-0.3, -0.25) is 9.59 Å². The maximum Gasteiger partial charge on any atom is 0.240 e. The summed E-state index contributed by atoms with van der Waals surface area (Å²) in [6.45, 7) is 1.28. The van der Waals surface area contributed by atoms with Crippen LogP contribution in [0.5, 0.6) is 0 Å². The summed E-state index contributed by atoms with van der Waals surface area (Å²) in [5, 5.41) is 3.10. The van der Waals surface area contributed by atoms with Crippen molar-refractivity contribution in [1.29, 1.82) is 0 Å². The first kappa shape index (κ1) is 18.1. The Kier molecular flexibility index (Phi) is 5.63. The Hall–Kier alpha value is -2.73. The van der Waals surface area contributed by atoms with E-state index in [1.165, 1.54) is 6.07 Å². The number of anilines is 1. The van der Waals surface area contributed by atoms with Crippen LogP contribution in [0.3, 0.4) is 0 Å². The lowest BCUT2D eigenvalue weighted by molar-refractivity contribution is -0.138. The van der Waals surface area contributed by atoms with Gasteiger partial charge in [0, 0.05) is 37.9 Å². The van der Waals surface area contributed by atoms with Gasteiger partial charge in [-0.15, -0.1) is 0 Å². The Bertz CT molecular complexity index is 782. The molecule has 1 atom stereocenters. The first-order valence-corrected chi connectivity index (χ1v) is 8.63. The molecule has 0 radical (unpaired) electrons. The predicted molar refractivity (Wildman–Crippen MR) is 98.1 cm³/mol. The highest BCUT2D eigenvalue weighted by atomic mass is 19.1. The molecule has 26 heavy (non-hydrogen) atoms. The lowest BCUT2D eigenvalue weighted by Gasteiger charge is -2.33. The first-order chi connectivity index (χ1) is 12.6. The highest BCUT2D eigenvalue weighted by Crippen LogP contribution is 2.16. The fourth-order valence-electron chi connectivity index (χ4n) is 3.05. The molecule has 3 rings (SSSR count). The summed E-state index contributed by atoms with van der Waals surface area (Å²) >= 11 is 0. The van der Waals surface area contributed by atoms with Crippen LogP contribution in [0.1, 0.15) is 12.0 Å². The van der Waals surface area contributed by atoms with Crippen LogP contribution in [0.25, 0.3) is 0 Å². The smallest absolute Gasteiger partial charge is 0.240 e. The minimum absolute atomic E-state index is 0.0675. The zero-order chi connectivity index (χ0) is 18.5. The van der Waals surface area contributed by atoms with Gasteiger partial charge in [0.1, 0.15) is 5.82 Å². The molecule has 2 amide bonds. The van der Waals surface area contributed by atoms with Crippen LogP contribution in [0.2, 0.25) is 0 Å². The van der Waals surface area contributed by atoms with E-state index >= 15 is 0 Å². The highest BCUT2D eigenvalue weighted by Gasteiger charge is 2.31. The van der Waals surface area contributed by atoms with Crippen molar-refractivity contribution in [1.82, 2.24) is 10.2 Å². The summed E-state index contributed by atoms with van der Waals surface area (Å²) in [7, 11) is 1.70. The molecule has 136 valence electrons. The van der Waals surface area contributed by atoms with Crippen molar-refractivity contribution >= 4 is 17.5 Å². The average Bonchev–Trinajstić information content (AvgIpc) is 2.66. The Morgan fingerprint density at radius 1 is 1.19 bits per heavy atom. The monoisotopic (exact) mass is 355 g/mol. The van der Waals surface area contributed by atoms with Crippen LogP contribution in [-0.4, -0.2) is 42.9 Å². The van der Waals surface area contributed by atoms with E-state index in [-0.39, 0.29) is 30.6 Å². The Morgan fingerprint density at radius 2 is 1.88 bits per heavy atom. The van der Waals surface area contributed by atoms with E-state index in [1.54, 1.807) is 35.0 Å². The van der Waals surface area contributed by atoms with Gasteiger partial charge < -0.3 is 15.1 Å². The van der Waals surface area contributed by atoms with E-state index in [9.17, 15) is 14.0 Å². The molecule has 1 saturated heterocycles. The largest absolute Gasteiger partial charge is 0.336 e. The number of hydrogen-bond donors (Lipinski definition) is 1. The molecule has 1 aliphatic rings. The highest BCUT2D eigenvalue weighted by molar-refractivity contribution is 5.97. The predicted octanol–water partition coefficient (Wildman–Crippen LogP) is 2.18. The van der Waals surface area contributed by atoms with Gasteiger partial charge in [0.25, 0.3) is 0 Å². The molecule has 1 fully saturated rings. The summed E-state index contributed by atoms with van der Waals surface area (Å²) in [6.07, 6.45) is 0.0675. The summed E-state index contributed by atoms with van der Waals surface area (Å²) in [5.41, 5.74) is 1.26. The van der Waals surface area contributed by atoms with E-state index in [4.69, 9.17) is 0 Å². The van der Waals surface area contributed by atoms with Crippen LogP contribution in [0.4, 0.5) is 10.1 Å². The summed E-state index contributed by atoms with van der Waals surface area (Å²) in [6, 6.07) is 15.1. The second-order valence-electron chi connectivity index (χ2n) is 6.35. The zero-order valence-corrected chi connectivity index (χ0v) is 14.7. The molecule has 1 aliphatic heterocycles. The van der Waals surface area contributed by atoms with Gasteiger partial charge in [0.2, 0.25) is 11.8 Å². The van der Waals surface area contributed by atoms with Crippen LogP contribution < -0.4 is 10.2 Å². The Labute approximate surface area is 152 Å². The molecule has 0 aliphatic carbocycles. The number of amides is 2. The molecule has 2 aromatic carbocycles. The second-order valence-corrected chi connectivity index (χ2v) is 6.35. The number of halogens is 1. The van der Waals surface area contributed by atoms with Crippen LogP contribution in [-0.2, 0) is 16.1 Å². The van der Waals surface area contributed by atoms with Gasteiger partial charge in [-0.05, 0) is 18.2 Å². The second kappa shape index (κ2) is 8.10. The quantitative estimate of drug-likeness (QED) is 0.894. The van der Waals surface area contributed by atoms with Gasteiger partial charge in [0.05, 0.1) is 12.5 Å². The zero-order valence-electron chi connectivity index (χ0n) is 14.7. The van der Waals surface area contributed by atoms with Crippen molar-refractivity contribution in [3.05, 3.63) is 66.0 Å². The van der Waals surface area contributed by atoms with E-state index in [2.05, 4.69) is 5.32 Å². The molecule has 0 bridgehead atoms. The molecule has 5 nitrogen and oxygen atoms in total. The molecule has 0 spiro atoms. The van der Waals surface area contributed by atoms with Crippen molar-refractivity contribution in [2.24, 2.45) is 0 Å². The van der Waals surface area contributed by atoms with Gasteiger partial charge in [-0.25, -0.2) is 4.39 Å². The topological polar surface area (TPSA) is 52.7 Å².